The molecule has 1 aromatic heterocycles. The molecule has 3 rings (SSSR count). The summed E-state index contributed by atoms with van der Waals surface area (Å²) >= 11 is 0. The van der Waals surface area contributed by atoms with E-state index in [9.17, 15) is 22.4 Å². The van der Waals surface area contributed by atoms with Gasteiger partial charge in [0, 0.05) is 12.1 Å². The van der Waals surface area contributed by atoms with Gasteiger partial charge in [0.05, 0.1) is 23.1 Å². The van der Waals surface area contributed by atoms with Gasteiger partial charge in [-0.2, -0.15) is 13.2 Å². The first-order chi connectivity index (χ1) is 13.3. The number of hydrogen-bond acceptors (Lipinski definition) is 3. The number of aromatic nitrogens is 1. The van der Waals surface area contributed by atoms with E-state index in [4.69, 9.17) is 0 Å². The van der Waals surface area contributed by atoms with Crippen LogP contribution in [0.15, 0.2) is 66.9 Å². The Bertz CT molecular complexity index is 972. The van der Waals surface area contributed by atoms with Crippen molar-refractivity contribution in [1.82, 2.24) is 4.98 Å². The van der Waals surface area contributed by atoms with Crippen molar-refractivity contribution in [1.29, 1.82) is 0 Å². The summed E-state index contributed by atoms with van der Waals surface area (Å²) < 4.78 is 52.6. The largest absolute Gasteiger partial charge is 0.418 e. The smallest absolute Gasteiger partial charge is 0.380 e. The maximum Gasteiger partial charge on any atom is 0.418 e. The summed E-state index contributed by atoms with van der Waals surface area (Å²) in [5.74, 6) is -1.11. The molecule has 0 aliphatic carbocycles. The van der Waals surface area contributed by atoms with Crippen LogP contribution in [-0.4, -0.2) is 10.9 Å². The Hall–Kier alpha value is -3.42. The lowest BCUT2D eigenvalue weighted by atomic mass is 10.1. The molecule has 144 valence electrons. The van der Waals surface area contributed by atoms with Crippen LogP contribution in [0.5, 0.6) is 0 Å². The van der Waals surface area contributed by atoms with Crippen LogP contribution in [0.2, 0.25) is 0 Å². The summed E-state index contributed by atoms with van der Waals surface area (Å²) in [6.45, 7) is 0.221. The Morgan fingerprint density at radius 2 is 1.68 bits per heavy atom. The number of nitrogens with zero attached hydrogens (tertiary/aromatic N) is 1. The van der Waals surface area contributed by atoms with E-state index in [1.54, 1.807) is 24.3 Å². The van der Waals surface area contributed by atoms with Gasteiger partial charge in [-0.1, -0.05) is 30.3 Å². The number of hydrogen-bond donors (Lipinski definition) is 2. The van der Waals surface area contributed by atoms with Gasteiger partial charge in [-0.05, 0) is 30.3 Å². The first-order valence-electron chi connectivity index (χ1n) is 8.25. The van der Waals surface area contributed by atoms with Crippen LogP contribution in [0.4, 0.5) is 28.9 Å². The maximum atomic E-state index is 13.6. The lowest BCUT2D eigenvalue weighted by molar-refractivity contribution is -0.136. The SMILES string of the molecule is O=C(Nc1ccccc1C(F)(F)F)c1ccc(NCc2ccccc2F)cn1. The Kier molecular flexibility index (Phi) is 5.58. The molecule has 0 saturated heterocycles. The Morgan fingerprint density at radius 1 is 0.964 bits per heavy atom. The fourth-order valence-electron chi connectivity index (χ4n) is 2.50. The van der Waals surface area contributed by atoms with Gasteiger partial charge in [0.25, 0.3) is 5.91 Å². The minimum absolute atomic E-state index is 0.0478. The van der Waals surface area contributed by atoms with Gasteiger partial charge in [-0.25, -0.2) is 9.37 Å². The monoisotopic (exact) mass is 389 g/mol. The molecular weight excluding hydrogens is 374 g/mol. The predicted octanol–water partition coefficient (Wildman–Crippen LogP) is 5.10. The molecule has 28 heavy (non-hydrogen) atoms. The van der Waals surface area contributed by atoms with E-state index in [-0.39, 0.29) is 23.7 Å². The van der Waals surface area contributed by atoms with Gasteiger partial charge in [-0.3, -0.25) is 4.79 Å². The summed E-state index contributed by atoms with van der Waals surface area (Å²) in [6, 6.07) is 13.9. The zero-order valence-electron chi connectivity index (χ0n) is 14.4. The molecule has 0 saturated carbocycles. The average Bonchev–Trinajstić information content (AvgIpc) is 2.67. The fraction of sp³-hybridized carbons (Fsp3) is 0.100. The summed E-state index contributed by atoms with van der Waals surface area (Å²) in [5.41, 5.74) is -0.327. The average molecular weight is 389 g/mol. The van der Waals surface area contributed by atoms with E-state index < -0.39 is 17.6 Å². The van der Waals surface area contributed by atoms with Crippen LogP contribution in [0.3, 0.4) is 0 Å². The van der Waals surface area contributed by atoms with Crippen molar-refractivity contribution >= 4 is 17.3 Å². The van der Waals surface area contributed by atoms with Gasteiger partial charge >= 0.3 is 6.18 Å². The molecule has 1 amide bonds. The molecule has 1 heterocycles. The molecule has 0 aliphatic heterocycles. The molecule has 0 aliphatic rings. The van der Waals surface area contributed by atoms with Gasteiger partial charge in [0.15, 0.2) is 0 Å². The number of alkyl halides is 3. The van der Waals surface area contributed by atoms with Crippen molar-refractivity contribution in [2.45, 2.75) is 12.7 Å². The number of benzene rings is 2. The van der Waals surface area contributed by atoms with Crippen molar-refractivity contribution in [3.8, 4) is 0 Å². The van der Waals surface area contributed by atoms with E-state index in [1.807, 2.05) is 0 Å². The molecule has 0 unspecified atom stereocenters. The standard InChI is InChI=1S/C20H15F4N3O/c21-16-7-3-1-5-13(16)11-25-14-9-10-18(26-12-14)19(28)27-17-8-4-2-6-15(17)20(22,23)24/h1-10,12,25H,11H2,(H,27,28). The molecule has 4 nitrogen and oxygen atoms in total. The Morgan fingerprint density at radius 3 is 2.36 bits per heavy atom. The molecule has 2 N–H and O–H groups in total. The third-order valence-electron chi connectivity index (χ3n) is 3.92. The number of amides is 1. The third kappa shape index (κ3) is 4.64. The Balaban J connectivity index is 1.67. The van der Waals surface area contributed by atoms with Crippen LogP contribution >= 0.6 is 0 Å². The van der Waals surface area contributed by atoms with Gasteiger partial charge in [0.2, 0.25) is 0 Å². The second-order valence-corrected chi connectivity index (χ2v) is 5.87. The topological polar surface area (TPSA) is 54.0 Å². The van der Waals surface area contributed by atoms with Crippen LogP contribution in [0.1, 0.15) is 21.6 Å². The van der Waals surface area contributed by atoms with Crippen LogP contribution in [0, 0.1) is 5.82 Å². The lowest BCUT2D eigenvalue weighted by Gasteiger charge is -2.13. The minimum atomic E-state index is -4.59. The van der Waals surface area contributed by atoms with Crippen molar-refractivity contribution in [2.75, 3.05) is 10.6 Å². The second-order valence-electron chi connectivity index (χ2n) is 5.87. The zero-order chi connectivity index (χ0) is 20.1. The van der Waals surface area contributed by atoms with Crippen LogP contribution in [0.25, 0.3) is 0 Å². The highest BCUT2D eigenvalue weighted by Gasteiger charge is 2.33. The molecule has 0 spiro atoms. The molecule has 2 aromatic carbocycles. The number of para-hydroxylation sites is 1. The minimum Gasteiger partial charge on any atom is -0.380 e. The number of carbonyl (C=O) groups excluding carboxylic acids is 1. The summed E-state index contributed by atoms with van der Waals surface area (Å²) in [4.78, 5) is 16.2. The van der Waals surface area contributed by atoms with E-state index in [0.717, 1.165) is 6.07 Å². The van der Waals surface area contributed by atoms with Crippen molar-refractivity contribution in [3.05, 3.63) is 89.5 Å². The summed E-state index contributed by atoms with van der Waals surface area (Å²) in [6.07, 6.45) is -3.23. The maximum absolute atomic E-state index is 13.6. The van der Waals surface area contributed by atoms with Crippen molar-refractivity contribution < 1.29 is 22.4 Å². The quantitative estimate of drug-likeness (QED) is 0.597. The lowest BCUT2D eigenvalue weighted by Crippen LogP contribution is -2.17. The first-order valence-corrected chi connectivity index (χ1v) is 8.25. The highest BCUT2D eigenvalue weighted by Crippen LogP contribution is 2.34. The number of halogens is 4. The fourth-order valence-corrected chi connectivity index (χ4v) is 2.50. The molecular formula is C20H15F4N3O. The molecule has 8 heteroatoms. The number of rotatable bonds is 5. The van der Waals surface area contributed by atoms with E-state index in [0.29, 0.717) is 11.3 Å². The zero-order valence-corrected chi connectivity index (χ0v) is 14.4. The van der Waals surface area contributed by atoms with Crippen LogP contribution < -0.4 is 10.6 Å². The predicted molar refractivity (Wildman–Crippen MR) is 97.4 cm³/mol. The van der Waals surface area contributed by atoms with Gasteiger partial charge in [-0.15, -0.1) is 0 Å². The van der Waals surface area contributed by atoms with Gasteiger partial charge < -0.3 is 10.6 Å². The third-order valence-corrected chi connectivity index (χ3v) is 3.92. The number of carbonyl (C=O) groups is 1. The Labute approximate surface area is 158 Å². The van der Waals surface area contributed by atoms with Gasteiger partial charge in [0.1, 0.15) is 11.5 Å². The summed E-state index contributed by atoms with van der Waals surface area (Å²) in [7, 11) is 0. The highest BCUT2D eigenvalue weighted by molar-refractivity contribution is 6.03. The number of nitrogens with one attached hydrogen (secondary N) is 2. The second kappa shape index (κ2) is 8.08. The number of anilines is 2. The van der Waals surface area contributed by atoms with E-state index in [1.165, 1.54) is 36.5 Å². The molecule has 3 aromatic rings. The van der Waals surface area contributed by atoms with E-state index in [2.05, 4.69) is 15.6 Å². The summed E-state index contributed by atoms with van der Waals surface area (Å²) in [5, 5.41) is 5.19. The number of pyridine rings is 1. The van der Waals surface area contributed by atoms with Crippen LogP contribution in [-0.2, 0) is 12.7 Å². The van der Waals surface area contributed by atoms with E-state index >= 15 is 0 Å². The molecule has 0 fully saturated rings. The molecule has 0 bridgehead atoms. The normalized spacial score (nSPS) is 11.1. The molecule has 0 atom stereocenters. The van der Waals surface area contributed by atoms with Crippen molar-refractivity contribution in [2.24, 2.45) is 0 Å². The highest BCUT2D eigenvalue weighted by atomic mass is 19.4. The van der Waals surface area contributed by atoms with Crippen molar-refractivity contribution in [3.63, 3.8) is 0 Å². The molecule has 0 radical (unpaired) electrons. The first kappa shape index (κ1) is 19.3.